The van der Waals surface area contributed by atoms with Crippen LogP contribution in [0.5, 0.6) is 0 Å². The van der Waals surface area contributed by atoms with Crippen molar-refractivity contribution in [3.63, 3.8) is 0 Å². The molecule has 1 unspecified atom stereocenters. The first kappa shape index (κ1) is 26.7. The van der Waals surface area contributed by atoms with Gasteiger partial charge in [-0.1, -0.05) is 38.2 Å². The lowest BCUT2D eigenvalue weighted by Gasteiger charge is -2.28. The van der Waals surface area contributed by atoms with E-state index in [2.05, 4.69) is 15.6 Å². The average Bonchev–Trinajstić information content (AvgIpc) is 3.36. The lowest BCUT2D eigenvalue weighted by molar-refractivity contribution is -0.135. The highest BCUT2D eigenvalue weighted by molar-refractivity contribution is 7.89. The van der Waals surface area contributed by atoms with Crippen molar-refractivity contribution >= 4 is 27.6 Å². The number of pyridine rings is 1. The van der Waals surface area contributed by atoms with Crippen LogP contribution in [0.25, 0.3) is 0 Å². The number of nitrogens with one attached hydrogen (secondary N) is 2. The molecule has 1 aromatic heterocycles. The number of carbonyl (C=O) groups excluding carboxylic acids is 3. The largest absolute Gasteiger partial charge is 0.368 e. The first-order valence-electron chi connectivity index (χ1n) is 13.0. The molecule has 0 aromatic carbocycles. The number of nitrogens with zero attached hydrogens (tertiary/aromatic N) is 2. The van der Waals surface area contributed by atoms with Crippen molar-refractivity contribution in [3.05, 3.63) is 24.4 Å². The van der Waals surface area contributed by atoms with Gasteiger partial charge >= 0.3 is 0 Å². The summed E-state index contributed by atoms with van der Waals surface area (Å²) in [6.45, 7) is 0.365. The van der Waals surface area contributed by atoms with Crippen molar-refractivity contribution in [2.45, 2.75) is 87.4 Å². The van der Waals surface area contributed by atoms with Gasteiger partial charge in [0.2, 0.25) is 11.8 Å². The van der Waals surface area contributed by atoms with Crippen LogP contribution in [-0.4, -0.2) is 73.2 Å². The molecule has 3 heterocycles. The minimum Gasteiger partial charge on any atom is -0.368 e. The van der Waals surface area contributed by atoms with Crippen molar-refractivity contribution in [2.24, 2.45) is 5.92 Å². The predicted molar refractivity (Wildman–Crippen MR) is 131 cm³/mol. The highest BCUT2D eigenvalue weighted by atomic mass is 32.2. The molecule has 4 rings (SSSR count). The molecule has 3 aliphatic rings. The van der Waals surface area contributed by atoms with E-state index in [0.717, 1.165) is 36.4 Å². The molecule has 3 fully saturated rings. The fourth-order valence-corrected chi connectivity index (χ4v) is 6.67. The van der Waals surface area contributed by atoms with Crippen LogP contribution < -0.4 is 10.6 Å². The van der Waals surface area contributed by atoms with E-state index >= 15 is 0 Å². The molecule has 1 aliphatic carbocycles. The summed E-state index contributed by atoms with van der Waals surface area (Å²) in [5.41, 5.74) is 0. The molecular weight excluding hydrogens is 484 g/mol. The Kier molecular flexibility index (Phi) is 9.08. The number of carbonyl (C=O) groups is 3. The third-order valence-corrected chi connectivity index (χ3v) is 9.09. The van der Waals surface area contributed by atoms with Gasteiger partial charge in [-0.15, -0.1) is 0 Å². The number of amides is 2. The molecule has 0 radical (unpaired) electrons. The Morgan fingerprint density at radius 3 is 2.58 bits per heavy atom. The average molecular weight is 521 g/mol. The number of rotatable bonds is 8. The fourth-order valence-electron chi connectivity index (χ4n) is 5.29. The van der Waals surface area contributed by atoms with Crippen LogP contribution in [0.3, 0.4) is 0 Å². The first-order valence-corrected chi connectivity index (χ1v) is 14.4. The number of ketones is 1. The van der Waals surface area contributed by atoms with Gasteiger partial charge < -0.3 is 15.4 Å². The molecule has 10 nitrogen and oxygen atoms in total. The first-order chi connectivity index (χ1) is 17.3. The van der Waals surface area contributed by atoms with Crippen LogP contribution in [0.1, 0.15) is 64.2 Å². The summed E-state index contributed by atoms with van der Waals surface area (Å²) in [5, 5.41) is 5.60. The van der Waals surface area contributed by atoms with Gasteiger partial charge in [0.15, 0.2) is 10.8 Å². The molecule has 0 bridgehead atoms. The lowest BCUT2D eigenvalue weighted by atomic mass is 9.84. The van der Waals surface area contributed by atoms with Crippen LogP contribution in [0.2, 0.25) is 0 Å². The van der Waals surface area contributed by atoms with Crippen molar-refractivity contribution in [1.29, 1.82) is 0 Å². The molecule has 2 aliphatic heterocycles. The van der Waals surface area contributed by atoms with Gasteiger partial charge in [0, 0.05) is 19.3 Å². The SMILES string of the molecule is O=C(N[C@@H](CC1CCCCC1)C(=O)N[C@@H]1CCCN(S(=O)(=O)c2ccccn2)CC1=O)C1CCCO1. The van der Waals surface area contributed by atoms with Gasteiger partial charge in [-0.3, -0.25) is 14.4 Å². The van der Waals surface area contributed by atoms with E-state index in [1.54, 1.807) is 12.1 Å². The smallest absolute Gasteiger partial charge is 0.260 e. The van der Waals surface area contributed by atoms with Gasteiger partial charge in [-0.05, 0) is 50.2 Å². The van der Waals surface area contributed by atoms with Crippen molar-refractivity contribution in [1.82, 2.24) is 19.9 Å². The van der Waals surface area contributed by atoms with Gasteiger partial charge in [0.05, 0.1) is 12.6 Å². The maximum Gasteiger partial charge on any atom is 0.260 e. The van der Waals surface area contributed by atoms with Crippen LogP contribution >= 0.6 is 0 Å². The standard InChI is InChI=1S/C25H36N4O6S/c30-21-17-29(36(33,34)23-12-4-5-13-26-23)14-6-10-19(21)27-24(31)20(16-18-8-2-1-3-9-18)28-25(32)22-11-7-15-35-22/h4-5,12-13,18-20,22H,1-3,6-11,14-17H2,(H,27,31)(H,28,32)/t19-,20+,22?/m1/s1. The van der Waals surface area contributed by atoms with E-state index in [-0.39, 0.29) is 29.8 Å². The summed E-state index contributed by atoms with van der Waals surface area (Å²) in [7, 11) is -3.91. The van der Waals surface area contributed by atoms with Gasteiger partial charge in [0.1, 0.15) is 12.1 Å². The molecular formula is C25H36N4O6S. The zero-order valence-electron chi connectivity index (χ0n) is 20.6. The Labute approximate surface area is 212 Å². The molecule has 2 N–H and O–H groups in total. The minimum absolute atomic E-state index is 0.107. The Morgan fingerprint density at radius 1 is 1.08 bits per heavy atom. The molecule has 11 heteroatoms. The number of hydrogen-bond donors (Lipinski definition) is 2. The summed E-state index contributed by atoms with van der Waals surface area (Å²) >= 11 is 0. The summed E-state index contributed by atoms with van der Waals surface area (Å²) in [5.74, 6) is -0.722. The molecule has 2 amide bonds. The molecule has 0 spiro atoms. The van der Waals surface area contributed by atoms with E-state index in [0.29, 0.717) is 38.2 Å². The van der Waals surface area contributed by atoms with Crippen LogP contribution in [0.15, 0.2) is 29.4 Å². The van der Waals surface area contributed by atoms with Gasteiger partial charge in [-0.2, -0.15) is 4.31 Å². The number of sulfonamides is 1. The Morgan fingerprint density at radius 2 is 1.89 bits per heavy atom. The van der Waals surface area contributed by atoms with E-state index in [1.165, 1.54) is 18.7 Å². The van der Waals surface area contributed by atoms with E-state index in [4.69, 9.17) is 4.74 Å². The highest BCUT2D eigenvalue weighted by Gasteiger charge is 2.36. The monoisotopic (exact) mass is 520 g/mol. The maximum absolute atomic E-state index is 13.3. The normalized spacial score (nSPS) is 25.2. The van der Waals surface area contributed by atoms with E-state index in [9.17, 15) is 22.8 Å². The molecule has 1 saturated carbocycles. The van der Waals surface area contributed by atoms with Crippen molar-refractivity contribution in [2.75, 3.05) is 19.7 Å². The van der Waals surface area contributed by atoms with Crippen LogP contribution in [-0.2, 0) is 29.1 Å². The number of aromatic nitrogens is 1. The van der Waals surface area contributed by atoms with E-state index < -0.39 is 34.1 Å². The second-order valence-electron chi connectivity index (χ2n) is 9.98. The zero-order chi connectivity index (χ0) is 25.5. The summed E-state index contributed by atoms with van der Waals surface area (Å²) in [6.07, 6.45) is 8.99. The lowest BCUT2D eigenvalue weighted by Crippen LogP contribution is -2.54. The Bertz CT molecular complexity index is 1020. The number of hydrogen-bond acceptors (Lipinski definition) is 7. The number of ether oxygens (including phenoxy) is 1. The topological polar surface area (TPSA) is 135 Å². The van der Waals surface area contributed by atoms with E-state index in [1.807, 2.05) is 0 Å². The third kappa shape index (κ3) is 6.68. The maximum atomic E-state index is 13.3. The third-order valence-electron chi connectivity index (χ3n) is 7.33. The summed E-state index contributed by atoms with van der Waals surface area (Å²) < 4.78 is 32.5. The summed E-state index contributed by atoms with van der Waals surface area (Å²) in [6, 6.07) is 3.04. The molecule has 1 aromatic rings. The van der Waals surface area contributed by atoms with Crippen molar-refractivity contribution < 1.29 is 27.5 Å². The number of Topliss-reactive ketones (excluding diaryl/α,β-unsaturated/α-hetero) is 1. The zero-order valence-corrected chi connectivity index (χ0v) is 21.4. The van der Waals surface area contributed by atoms with Crippen molar-refractivity contribution in [3.8, 4) is 0 Å². The molecule has 198 valence electrons. The van der Waals surface area contributed by atoms with Crippen LogP contribution in [0, 0.1) is 5.92 Å². The second kappa shape index (κ2) is 12.2. The highest BCUT2D eigenvalue weighted by Crippen LogP contribution is 2.28. The minimum atomic E-state index is -3.91. The Balaban J connectivity index is 1.41. The molecule has 2 saturated heterocycles. The fraction of sp³-hybridized carbons (Fsp3) is 0.680. The molecule has 3 atom stereocenters. The van der Waals surface area contributed by atoms with Crippen LogP contribution in [0.4, 0.5) is 0 Å². The quantitative estimate of drug-likeness (QED) is 0.531. The van der Waals surface area contributed by atoms with Gasteiger partial charge in [-0.25, -0.2) is 13.4 Å². The van der Waals surface area contributed by atoms with Gasteiger partial charge in [0.25, 0.3) is 10.0 Å². The summed E-state index contributed by atoms with van der Waals surface area (Å²) in [4.78, 5) is 43.0. The molecule has 36 heavy (non-hydrogen) atoms. The second-order valence-corrected chi connectivity index (χ2v) is 11.9. The predicted octanol–water partition coefficient (Wildman–Crippen LogP) is 1.55. The Hall–Kier alpha value is -2.37.